The Labute approximate surface area is 123 Å². The molecule has 2 aromatic carbocycles. The van der Waals surface area contributed by atoms with Gasteiger partial charge < -0.3 is 5.32 Å². The molecule has 2 rings (SSSR count). The molecule has 0 aliphatic rings. The molecule has 1 N–H and O–H groups in total. The average Bonchev–Trinajstić information content (AvgIpc) is 2.41. The maximum Gasteiger partial charge on any atom is 0.0500 e. The van der Waals surface area contributed by atoms with Crippen molar-refractivity contribution in [1.29, 1.82) is 0 Å². The van der Waals surface area contributed by atoms with Crippen molar-refractivity contribution < 1.29 is 0 Å². The average molecular weight is 290 g/mol. The molecule has 1 nitrogen and oxygen atoms in total. The van der Waals surface area contributed by atoms with Gasteiger partial charge in [-0.1, -0.05) is 35.2 Å². The summed E-state index contributed by atoms with van der Waals surface area (Å²) in [6, 6.07) is 13.2. The van der Waals surface area contributed by atoms with Crippen molar-refractivity contribution in [1.82, 2.24) is 0 Å². The first-order chi connectivity index (χ1) is 9.10. The number of benzene rings is 2. The van der Waals surface area contributed by atoms with Crippen molar-refractivity contribution in [2.24, 2.45) is 0 Å². The number of hydrogen-bond donors (Lipinski definition) is 1. The summed E-state index contributed by atoms with van der Waals surface area (Å²) in [5.74, 6) is 2.61. The molecule has 19 heavy (non-hydrogen) atoms. The van der Waals surface area contributed by atoms with Gasteiger partial charge in [0.25, 0.3) is 0 Å². The van der Waals surface area contributed by atoms with Crippen LogP contribution in [0.15, 0.2) is 42.5 Å². The van der Waals surface area contributed by atoms with E-state index >= 15 is 0 Å². The lowest BCUT2D eigenvalue weighted by Gasteiger charge is -2.17. The summed E-state index contributed by atoms with van der Waals surface area (Å²) in [6.45, 7) is 2.03. The van der Waals surface area contributed by atoms with Gasteiger partial charge in [0.05, 0.1) is 6.04 Å². The van der Waals surface area contributed by atoms with Crippen molar-refractivity contribution in [3.63, 3.8) is 0 Å². The zero-order valence-electron chi connectivity index (χ0n) is 10.5. The topological polar surface area (TPSA) is 12.0 Å². The Morgan fingerprint density at radius 3 is 2.68 bits per heavy atom. The first kappa shape index (κ1) is 13.8. The fourth-order valence-electron chi connectivity index (χ4n) is 1.87. The molecule has 0 amide bonds. The molecule has 0 heterocycles. The summed E-state index contributed by atoms with van der Waals surface area (Å²) in [5.41, 5.74) is 2.76. The highest BCUT2D eigenvalue weighted by Gasteiger charge is 2.10. The third-order valence-electron chi connectivity index (χ3n) is 2.84. The van der Waals surface area contributed by atoms with Crippen LogP contribution in [0.3, 0.4) is 0 Å². The summed E-state index contributed by atoms with van der Waals surface area (Å²) in [4.78, 5) is 0. The number of terminal acetylenes is 1. The standard InChI is InChI=1S/C16H13Cl2N/c1-3-12-5-4-6-14(9-12)19-11(2)15-10-13(17)7-8-16(15)18/h1,4-11,19H,2H3. The second-order valence-electron chi connectivity index (χ2n) is 4.26. The van der Waals surface area contributed by atoms with Gasteiger partial charge >= 0.3 is 0 Å². The van der Waals surface area contributed by atoms with E-state index in [1.165, 1.54) is 0 Å². The number of halogens is 2. The summed E-state index contributed by atoms with van der Waals surface area (Å²) in [5, 5.41) is 4.73. The summed E-state index contributed by atoms with van der Waals surface area (Å²) in [7, 11) is 0. The van der Waals surface area contributed by atoms with E-state index in [0.29, 0.717) is 10.0 Å². The largest absolute Gasteiger partial charge is 0.378 e. The maximum absolute atomic E-state index is 6.18. The molecule has 3 heteroatoms. The van der Waals surface area contributed by atoms with Crippen molar-refractivity contribution in [2.45, 2.75) is 13.0 Å². The van der Waals surface area contributed by atoms with E-state index in [9.17, 15) is 0 Å². The van der Waals surface area contributed by atoms with E-state index in [4.69, 9.17) is 29.6 Å². The van der Waals surface area contributed by atoms with Crippen LogP contribution >= 0.6 is 23.2 Å². The highest BCUT2D eigenvalue weighted by atomic mass is 35.5. The zero-order chi connectivity index (χ0) is 13.8. The monoisotopic (exact) mass is 289 g/mol. The van der Waals surface area contributed by atoms with Crippen LogP contribution in [-0.2, 0) is 0 Å². The minimum atomic E-state index is 0.0409. The molecular weight excluding hydrogens is 277 g/mol. The van der Waals surface area contributed by atoms with Crippen molar-refractivity contribution in [3.05, 3.63) is 63.6 Å². The van der Waals surface area contributed by atoms with Gasteiger partial charge in [-0.2, -0.15) is 0 Å². The van der Waals surface area contributed by atoms with E-state index in [1.807, 2.05) is 37.3 Å². The molecule has 1 unspecified atom stereocenters. The minimum absolute atomic E-state index is 0.0409. The highest BCUT2D eigenvalue weighted by molar-refractivity contribution is 6.33. The van der Waals surface area contributed by atoms with Crippen LogP contribution in [0.4, 0.5) is 5.69 Å². The Morgan fingerprint density at radius 1 is 1.16 bits per heavy atom. The third kappa shape index (κ3) is 3.44. The molecular formula is C16H13Cl2N. The van der Waals surface area contributed by atoms with Gasteiger partial charge in [0.1, 0.15) is 0 Å². The second-order valence-corrected chi connectivity index (χ2v) is 5.10. The third-order valence-corrected chi connectivity index (χ3v) is 3.42. The van der Waals surface area contributed by atoms with Crippen LogP contribution in [0, 0.1) is 12.3 Å². The lowest BCUT2D eigenvalue weighted by molar-refractivity contribution is 0.885. The van der Waals surface area contributed by atoms with Gasteiger partial charge in [-0.05, 0) is 48.9 Å². The van der Waals surface area contributed by atoms with Gasteiger partial charge in [0.15, 0.2) is 0 Å². The molecule has 0 aromatic heterocycles. The SMILES string of the molecule is C#Cc1cccc(NC(C)c2cc(Cl)ccc2Cl)c1. The number of nitrogens with one attached hydrogen (secondary N) is 1. The molecule has 1 atom stereocenters. The van der Waals surface area contributed by atoms with E-state index in [0.717, 1.165) is 16.8 Å². The Balaban J connectivity index is 2.23. The summed E-state index contributed by atoms with van der Waals surface area (Å²) < 4.78 is 0. The van der Waals surface area contributed by atoms with Gasteiger partial charge in [-0.25, -0.2) is 0 Å². The van der Waals surface area contributed by atoms with E-state index in [2.05, 4.69) is 11.2 Å². The Hall–Kier alpha value is -1.62. The van der Waals surface area contributed by atoms with Crippen LogP contribution < -0.4 is 5.32 Å². The van der Waals surface area contributed by atoms with Crippen molar-refractivity contribution in [2.75, 3.05) is 5.32 Å². The Bertz CT molecular complexity index is 629. The Kier molecular flexibility index (Phi) is 4.37. The number of anilines is 1. The van der Waals surface area contributed by atoms with Crippen LogP contribution in [-0.4, -0.2) is 0 Å². The smallest absolute Gasteiger partial charge is 0.0500 e. The normalized spacial score (nSPS) is 11.7. The Morgan fingerprint density at radius 2 is 1.95 bits per heavy atom. The fourth-order valence-corrected chi connectivity index (χ4v) is 2.33. The van der Waals surface area contributed by atoms with Crippen molar-refractivity contribution in [3.8, 4) is 12.3 Å². The van der Waals surface area contributed by atoms with Crippen LogP contribution in [0.5, 0.6) is 0 Å². The van der Waals surface area contributed by atoms with Crippen molar-refractivity contribution >= 4 is 28.9 Å². The minimum Gasteiger partial charge on any atom is -0.378 e. The predicted molar refractivity (Wildman–Crippen MR) is 82.9 cm³/mol. The lowest BCUT2D eigenvalue weighted by Crippen LogP contribution is -2.07. The fraction of sp³-hybridized carbons (Fsp3) is 0.125. The number of hydrogen-bond acceptors (Lipinski definition) is 1. The lowest BCUT2D eigenvalue weighted by atomic mass is 10.1. The van der Waals surface area contributed by atoms with Gasteiger partial charge in [-0.3, -0.25) is 0 Å². The van der Waals surface area contributed by atoms with Gasteiger partial charge in [0.2, 0.25) is 0 Å². The second kappa shape index (κ2) is 6.02. The first-order valence-electron chi connectivity index (χ1n) is 5.88. The molecule has 0 bridgehead atoms. The predicted octanol–water partition coefficient (Wildman–Crippen LogP) is 5.15. The van der Waals surface area contributed by atoms with Crippen LogP contribution in [0.25, 0.3) is 0 Å². The molecule has 0 radical (unpaired) electrons. The molecule has 2 aromatic rings. The maximum atomic E-state index is 6.18. The molecule has 0 saturated carbocycles. The zero-order valence-corrected chi connectivity index (χ0v) is 12.0. The molecule has 0 spiro atoms. The summed E-state index contributed by atoms with van der Waals surface area (Å²) >= 11 is 12.2. The van der Waals surface area contributed by atoms with E-state index in [-0.39, 0.29) is 6.04 Å². The molecule has 96 valence electrons. The van der Waals surface area contributed by atoms with E-state index in [1.54, 1.807) is 12.1 Å². The molecule has 0 aliphatic heterocycles. The first-order valence-corrected chi connectivity index (χ1v) is 6.64. The van der Waals surface area contributed by atoms with Crippen LogP contribution in [0.2, 0.25) is 10.0 Å². The molecule has 0 saturated heterocycles. The highest BCUT2D eigenvalue weighted by Crippen LogP contribution is 2.28. The van der Waals surface area contributed by atoms with Crippen LogP contribution in [0.1, 0.15) is 24.1 Å². The van der Waals surface area contributed by atoms with E-state index < -0.39 is 0 Å². The quantitative estimate of drug-likeness (QED) is 0.771. The molecule has 0 fully saturated rings. The van der Waals surface area contributed by atoms with Gasteiger partial charge in [0, 0.05) is 21.3 Å². The number of rotatable bonds is 3. The molecule has 0 aliphatic carbocycles. The summed E-state index contributed by atoms with van der Waals surface area (Å²) in [6.07, 6.45) is 5.39. The van der Waals surface area contributed by atoms with Gasteiger partial charge in [-0.15, -0.1) is 6.42 Å².